The van der Waals surface area contributed by atoms with Gasteiger partial charge in [-0.1, -0.05) is 25.1 Å². The van der Waals surface area contributed by atoms with E-state index in [0.717, 1.165) is 12.6 Å². The molecular formula is C19H29F3N4O2S. The lowest BCUT2D eigenvalue weighted by Crippen LogP contribution is -2.46. The van der Waals surface area contributed by atoms with Crippen molar-refractivity contribution in [2.45, 2.75) is 25.4 Å². The van der Waals surface area contributed by atoms with Crippen LogP contribution in [0.4, 0.5) is 13.2 Å². The van der Waals surface area contributed by atoms with Crippen LogP contribution < -0.4 is 10.6 Å². The minimum atomic E-state index is -4.33. The average molecular weight is 435 g/mol. The van der Waals surface area contributed by atoms with Crippen molar-refractivity contribution in [2.75, 3.05) is 51.3 Å². The van der Waals surface area contributed by atoms with Crippen LogP contribution in [0.15, 0.2) is 29.3 Å². The molecule has 0 aromatic heterocycles. The van der Waals surface area contributed by atoms with E-state index in [-0.39, 0.29) is 17.4 Å². The molecule has 10 heteroatoms. The number of rotatable bonds is 7. The van der Waals surface area contributed by atoms with Gasteiger partial charge < -0.3 is 10.6 Å². The minimum Gasteiger partial charge on any atom is -0.356 e. The first-order chi connectivity index (χ1) is 13.6. The lowest BCUT2D eigenvalue weighted by atomic mass is 9.96. The smallest absolute Gasteiger partial charge is 0.356 e. The van der Waals surface area contributed by atoms with Gasteiger partial charge in [0, 0.05) is 39.8 Å². The first-order valence-corrected chi connectivity index (χ1v) is 11.5. The summed E-state index contributed by atoms with van der Waals surface area (Å²) in [5.41, 5.74) is 0.0300. The van der Waals surface area contributed by atoms with E-state index in [1.807, 2.05) is 6.92 Å². The molecule has 1 fully saturated rings. The molecule has 0 amide bonds. The molecular weight excluding hydrogens is 405 g/mol. The predicted molar refractivity (Wildman–Crippen MR) is 109 cm³/mol. The van der Waals surface area contributed by atoms with E-state index in [1.54, 1.807) is 13.1 Å². The van der Waals surface area contributed by atoms with E-state index in [1.165, 1.54) is 12.1 Å². The number of nitrogens with one attached hydrogen (secondary N) is 2. The molecule has 0 radical (unpaired) electrons. The Morgan fingerprint density at radius 3 is 2.48 bits per heavy atom. The second-order valence-electron chi connectivity index (χ2n) is 7.23. The normalized spacial score (nSPS) is 19.0. The van der Waals surface area contributed by atoms with Crippen LogP contribution in [0, 0.1) is 0 Å². The molecule has 2 rings (SSSR count). The number of aliphatic imine (C=N–C) groups is 1. The number of guanidine groups is 1. The van der Waals surface area contributed by atoms with Gasteiger partial charge >= 0.3 is 6.18 Å². The molecule has 1 aromatic rings. The molecule has 1 atom stereocenters. The van der Waals surface area contributed by atoms with Crippen LogP contribution in [0.1, 0.15) is 30.4 Å². The summed E-state index contributed by atoms with van der Waals surface area (Å²) in [7, 11) is -1.22. The van der Waals surface area contributed by atoms with Crippen molar-refractivity contribution in [2.24, 2.45) is 4.99 Å². The number of alkyl halides is 3. The minimum absolute atomic E-state index is 0.0294. The second kappa shape index (κ2) is 10.3. The van der Waals surface area contributed by atoms with Gasteiger partial charge in [-0.05, 0) is 24.0 Å². The Morgan fingerprint density at radius 2 is 1.86 bits per heavy atom. The van der Waals surface area contributed by atoms with Crippen LogP contribution >= 0.6 is 0 Å². The zero-order chi connectivity index (χ0) is 21.5. The number of sulfone groups is 1. The van der Waals surface area contributed by atoms with Crippen LogP contribution in [-0.2, 0) is 16.0 Å². The van der Waals surface area contributed by atoms with E-state index >= 15 is 0 Å². The highest BCUT2D eigenvalue weighted by Crippen LogP contribution is 2.31. The Kier molecular flexibility index (Phi) is 8.33. The summed E-state index contributed by atoms with van der Waals surface area (Å²) in [6, 6.07) is 5.44. The van der Waals surface area contributed by atoms with Crippen molar-refractivity contribution in [1.29, 1.82) is 0 Å². The van der Waals surface area contributed by atoms with Crippen LogP contribution in [0.3, 0.4) is 0 Å². The average Bonchev–Trinajstić information content (AvgIpc) is 2.67. The maximum absolute atomic E-state index is 12.9. The Hall–Kier alpha value is -1.81. The summed E-state index contributed by atoms with van der Waals surface area (Å²) in [6.07, 6.45) is -3.68. The fraction of sp³-hybridized carbons (Fsp3) is 0.632. The molecule has 0 bridgehead atoms. The maximum Gasteiger partial charge on any atom is 0.416 e. The van der Waals surface area contributed by atoms with Gasteiger partial charge in [-0.2, -0.15) is 13.2 Å². The number of nitrogens with zero attached hydrogens (tertiary/aromatic N) is 2. The van der Waals surface area contributed by atoms with Gasteiger partial charge in [-0.3, -0.25) is 9.89 Å². The molecule has 1 aliphatic rings. The third-order valence-electron chi connectivity index (χ3n) is 5.03. The summed E-state index contributed by atoms with van der Waals surface area (Å²) in [5, 5.41) is 6.35. The fourth-order valence-corrected chi connectivity index (χ4v) is 4.40. The highest BCUT2D eigenvalue weighted by atomic mass is 32.2. The van der Waals surface area contributed by atoms with Crippen molar-refractivity contribution in [3.63, 3.8) is 0 Å². The number of hydrogen-bond acceptors (Lipinski definition) is 4. The highest BCUT2D eigenvalue weighted by Gasteiger charge is 2.30. The Balaban J connectivity index is 1.71. The van der Waals surface area contributed by atoms with Crippen molar-refractivity contribution in [1.82, 2.24) is 15.5 Å². The first-order valence-electron chi connectivity index (χ1n) is 9.65. The van der Waals surface area contributed by atoms with E-state index in [2.05, 4.69) is 20.5 Å². The monoisotopic (exact) mass is 434 g/mol. The molecule has 0 aliphatic carbocycles. The standard InChI is InChI=1S/C19H29F3N4O2S/c1-15(16-4-3-5-17(14-16)19(20,21)22)6-7-24-18(23-2)25-8-9-26-10-12-29(27,28)13-11-26/h3-5,14-15H,6-13H2,1-2H3,(H2,23,24,25). The largest absolute Gasteiger partial charge is 0.416 e. The van der Waals surface area contributed by atoms with Crippen molar-refractivity contribution in [3.8, 4) is 0 Å². The van der Waals surface area contributed by atoms with E-state index in [4.69, 9.17) is 0 Å². The molecule has 0 saturated carbocycles. The van der Waals surface area contributed by atoms with Crippen molar-refractivity contribution < 1.29 is 21.6 Å². The SMILES string of the molecule is CN=C(NCCC(C)c1cccc(C(F)(F)F)c1)NCCN1CCS(=O)(=O)CC1. The summed E-state index contributed by atoms with van der Waals surface area (Å²) in [5.74, 6) is 0.991. The predicted octanol–water partition coefficient (Wildman–Crippen LogP) is 2.09. The van der Waals surface area contributed by atoms with Crippen molar-refractivity contribution >= 4 is 15.8 Å². The van der Waals surface area contributed by atoms with Crippen LogP contribution in [-0.4, -0.2) is 70.6 Å². The van der Waals surface area contributed by atoms with Crippen LogP contribution in [0.2, 0.25) is 0 Å². The summed E-state index contributed by atoms with van der Waals surface area (Å²) in [4.78, 5) is 6.24. The first kappa shape index (κ1) is 23.5. The third-order valence-corrected chi connectivity index (χ3v) is 6.64. The van der Waals surface area contributed by atoms with E-state index < -0.39 is 21.6 Å². The molecule has 1 heterocycles. The molecule has 1 saturated heterocycles. The summed E-state index contributed by atoms with van der Waals surface area (Å²) >= 11 is 0. The van der Waals surface area contributed by atoms with Gasteiger partial charge in [-0.25, -0.2) is 8.42 Å². The number of benzene rings is 1. The molecule has 2 N–H and O–H groups in total. The zero-order valence-corrected chi connectivity index (χ0v) is 17.6. The quantitative estimate of drug-likeness (QED) is 0.508. The molecule has 1 aromatic carbocycles. The number of hydrogen-bond donors (Lipinski definition) is 2. The third kappa shape index (κ3) is 7.85. The van der Waals surface area contributed by atoms with Crippen molar-refractivity contribution in [3.05, 3.63) is 35.4 Å². The van der Waals surface area contributed by atoms with Gasteiger partial charge in [0.15, 0.2) is 15.8 Å². The van der Waals surface area contributed by atoms with Crippen LogP contribution in [0.25, 0.3) is 0 Å². The molecule has 1 unspecified atom stereocenters. The van der Waals surface area contributed by atoms with Gasteiger partial charge in [-0.15, -0.1) is 0 Å². The lowest BCUT2D eigenvalue weighted by Gasteiger charge is -2.26. The van der Waals surface area contributed by atoms with Crippen LogP contribution in [0.5, 0.6) is 0 Å². The summed E-state index contributed by atoms with van der Waals surface area (Å²) < 4.78 is 61.4. The Morgan fingerprint density at radius 1 is 1.21 bits per heavy atom. The molecule has 29 heavy (non-hydrogen) atoms. The lowest BCUT2D eigenvalue weighted by molar-refractivity contribution is -0.137. The fourth-order valence-electron chi connectivity index (χ4n) is 3.12. The van der Waals surface area contributed by atoms with E-state index in [9.17, 15) is 21.6 Å². The topological polar surface area (TPSA) is 73.8 Å². The van der Waals surface area contributed by atoms with E-state index in [0.29, 0.717) is 44.1 Å². The molecule has 1 aliphatic heterocycles. The highest BCUT2D eigenvalue weighted by molar-refractivity contribution is 7.91. The van der Waals surface area contributed by atoms with Gasteiger partial charge in [0.1, 0.15) is 0 Å². The van der Waals surface area contributed by atoms with Gasteiger partial charge in [0.25, 0.3) is 0 Å². The zero-order valence-electron chi connectivity index (χ0n) is 16.8. The maximum atomic E-state index is 12.9. The Bertz CT molecular complexity index is 783. The molecule has 6 nitrogen and oxygen atoms in total. The molecule has 0 spiro atoms. The second-order valence-corrected chi connectivity index (χ2v) is 9.54. The van der Waals surface area contributed by atoms with Gasteiger partial charge in [0.2, 0.25) is 0 Å². The summed E-state index contributed by atoms with van der Waals surface area (Å²) in [6.45, 7) is 4.91. The van der Waals surface area contributed by atoms with Gasteiger partial charge in [0.05, 0.1) is 17.1 Å². The molecule has 164 valence electrons. The number of halogens is 3. The Labute approximate surface area is 170 Å².